The molecule has 1 saturated heterocycles. The van der Waals surface area contributed by atoms with Crippen molar-refractivity contribution in [3.05, 3.63) is 0 Å². The maximum absolute atomic E-state index is 8.69. The van der Waals surface area contributed by atoms with Gasteiger partial charge in [-0.15, -0.1) is 0 Å². The second-order valence-corrected chi connectivity index (χ2v) is 4.40. The van der Waals surface area contributed by atoms with Gasteiger partial charge in [0.2, 0.25) is 0 Å². The fourth-order valence-electron chi connectivity index (χ4n) is 1.54. The molecule has 0 amide bonds. The molecule has 2 heteroatoms. The molecule has 1 N–H and O–H groups in total. The van der Waals surface area contributed by atoms with Gasteiger partial charge in [0.15, 0.2) is 0 Å². The van der Waals surface area contributed by atoms with Gasteiger partial charge in [-0.3, -0.25) is 0 Å². The zero-order chi connectivity index (χ0) is 9.19. The maximum atomic E-state index is 8.69. The van der Waals surface area contributed by atoms with Crippen LogP contribution in [0.1, 0.15) is 40.0 Å². The van der Waals surface area contributed by atoms with E-state index in [1.807, 2.05) is 0 Å². The van der Waals surface area contributed by atoms with Gasteiger partial charge in [0, 0.05) is 6.61 Å². The maximum Gasteiger partial charge on any atom is 0.0892 e. The minimum absolute atomic E-state index is 0.138. The summed E-state index contributed by atoms with van der Waals surface area (Å²) in [7, 11) is 0. The molecule has 1 unspecified atom stereocenters. The summed E-state index contributed by atoms with van der Waals surface area (Å²) < 4.78 is 5.47. The first-order valence-electron chi connectivity index (χ1n) is 4.85. The van der Waals surface area contributed by atoms with Gasteiger partial charge >= 0.3 is 0 Å². The fraction of sp³-hybridized carbons (Fsp3) is 1.00. The Bertz CT molecular complexity index is 143. The second kappa shape index (κ2) is 3.75. The third kappa shape index (κ3) is 2.76. The summed E-state index contributed by atoms with van der Waals surface area (Å²) in [5.74, 6) is 0.634. The lowest BCUT2D eigenvalue weighted by Crippen LogP contribution is -2.05. The highest BCUT2D eigenvalue weighted by molar-refractivity contribution is 4.94. The molecule has 1 aliphatic heterocycles. The molecule has 1 heterocycles. The topological polar surface area (TPSA) is 32.8 Å². The molecular weight excluding hydrogens is 152 g/mol. The third-order valence-corrected chi connectivity index (χ3v) is 2.71. The smallest absolute Gasteiger partial charge is 0.0892 e. The van der Waals surface area contributed by atoms with Crippen LogP contribution in [0.5, 0.6) is 0 Å². The normalized spacial score (nSPS) is 28.5. The van der Waals surface area contributed by atoms with E-state index >= 15 is 0 Å². The molecule has 2 nitrogen and oxygen atoms in total. The molecule has 12 heavy (non-hydrogen) atoms. The monoisotopic (exact) mass is 172 g/mol. The molecule has 0 aromatic carbocycles. The van der Waals surface area contributed by atoms with Crippen LogP contribution in [0, 0.1) is 5.92 Å². The number of aliphatic hydroxyl groups is 1. The second-order valence-electron chi connectivity index (χ2n) is 4.40. The van der Waals surface area contributed by atoms with E-state index in [0.717, 1.165) is 12.8 Å². The first kappa shape index (κ1) is 10.0. The summed E-state index contributed by atoms with van der Waals surface area (Å²) in [4.78, 5) is 0. The van der Waals surface area contributed by atoms with E-state index in [9.17, 15) is 0 Å². The van der Waals surface area contributed by atoms with E-state index in [0.29, 0.717) is 18.6 Å². The summed E-state index contributed by atoms with van der Waals surface area (Å²) in [5.41, 5.74) is 0.138. The van der Waals surface area contributed by atoms with Crippen LogP contribution < -0.4 is 0 Å². The Morgan fingerprint density at radius 1 is 1.42 bits per heavy atom. The first-order valence-corrected chi connectivity index (χ1v) is 4.85. The number of hydrogen-bond donors (Lipinski definition) is 1. The molecule has 1 rings (SSSR count). The quantitative estimate of drug-likeness (QED) is 0.643. The van der Waals surface area contributed by atoms with Crippen molar-refractivity contribution >= 4 is 0 Å². The predicted molar refractivity (Wildman–Crippen MR) is 49.1 cm³/mol. The third-order valence-electron chi connectivity index (χ3n) is 2.71. The molecule has 0 spiro atoms. The van der Waals surface area contributed by atoms with Crippen LogP contribution in [0.3, 0.4) is 0 Å². The lowest BCUT2D eigenvalue weighted by atomic mass is 9.98. The van der Waals surface area contributed by atoms with Crippen LogP contribution in [0.25, 0.3) is 0 Å². The number of ether oxygens (including phenoxy) is 1. The van der Waals surface area contributed by atoms with Gasteiger partial charge in [0.1, 0.15) is 0 Å². The fourth-order valence-corrected chi connectivity index (χ4v) is 1.54. The number of epoxide rings is 1. The van der Waals surface area contributed by atoms with Crippen molar-refractivity contribution in [2.45, 2.75) is 51.7 Å². The van der Waals surface area contributed by atoms with Crippen LogP contribution in [-0.2, 0) is 4.74 Å². The van der Waals surface area contributed by atoms with Gasteiger partial charge in [-0.05, 0) is 39.0 Å². The molecule has 2 atom stereocenters. The van der Waals surface area contributed by atoms with E-state index in [1.165, 1.54) is 6.42 Å². The molecule has 0 bridgehead atoms. The number of hydrogen-bond acceptors (Lipinski definition) is 2. The average Bonchev–Trinajstić information content (AvgIpc) is 2.56. The van der Waals surface area contributed by atoms with Crippen molar-refractivity contribution in [2.75, 3.05) is 6.61 Å². The molecule has 0 aliphatic carbocycles. The van der Waals surface area contributed by atoms with Crippen LogP contribution >= 0.6 is 0 Å². The van der Waals surface area contributed by atoms with Gasteiger partial charge in [-0.1, -0.05) is 6.92 Å². The Hall–Kier alpha value is -0.0800. The van der Waals surface area contributed by atoms with E-state index in [-0.39, 0.29) is 5.60 Å². The van der Waals surface area contributed by atoms with E-state index in [2.05, 4.69) is 20.8 Å². The summed E-state index contributed by atoms with van der Waals surface area (Å²) in [6.07, 6.45) is 3.72. The summed E-state index contributed by atoms with van der Waals surface area (Å²) in [6.45, 7) is 6.77. The Morgan fingerprint density at radius 3 is 2.42 bits per heavy atom. The minimum atomic E-state index is 0.138. The zero-order valence-corrected chi connectivity index (χ0v) is 8.34. The van der Waals surface area contributed by atoms with Gasteiger partial charge in [0.25, 0.3) is 0 Å². The summed E-state index contributed by atoms with van der Waals surface area (Å²) >= 11 is 0. The Morgan fingerprint density at radius 2 is 2.00 bits per heavy atom. The lowest BCUT2D eigenvalue weighted by Gasteiger charge is -2.07. The van der Waals surface area contributed by atoms with Gasteiger partial charge in [-0.2, -0.15) is 0 Å². The van der Waals surface area contributed by atoms with E-state index < -0.39 is 0 Å². The molecule has 0 radical (unpaired) electrons. The molecule has 72 valence electrons. The molecule has 0 aromatic heterocycles. The average molecular weight is 172 g/mol. The van der Waals surface area contributed by atoms with Crippen molar-refractivity contribution in [3.8, 4) is 0 Å². The van der Waals surface area contributed by atoms with Crippen molar-refractivity contribution in [3.63, 3.8) is 0 Å². The van der Waals surface area contributed by atoms with Gasteiger partial charge in [0.05, 0.1) is 11.7 Å². The van der Waals surface area contributed by atoms with Crippen molar-refractivity contribution in [1.82, 2.24) is 0 Å². The van der Waals surface area contributed by atoms with Crippen molar-refractivity contribution in [1.29, 1.82) is 0 Å². The SMILES string of the molecule is C[C@@H](CCO)CCC1OC1(C)C. The van der Waals surface area contributed by atoms with Gasteiger partial charge < -0.3 is 9.84 Å². The zero-order valence-electron chi connectivity index (χ0n) is 8.34. The highest BCUT2D eigenvalue weighted by atomic mass is 16.6. The molecule has 0 aromatic rings. The van der Waals surface area contributed by atoms with E-state index in [1.54, 1.807) is 0 Å². The molecule has 0 saturated carbocycles. The molecular formula is C10H20O2. The molecule has 1 fully saturated rings. The van der Waals surface area contributed by atoms with Crippen molar-refractivity contribution in [2.24, 2.45) is 5.92 Å². The Balaban J connectivity index is 2.03. The minimum Gasteiger partial charge on any atom is -0.396 e. The Labute approximate surface area is 74.9 Å². The summed E-state index contributed by atoms with van der Waals surface area (Å²) in [5, 5.41) is 8.69. The van der Waals surface area contributed by atoms with Crippen molar-refractivity contribution < 1.29 is 9.84 Å². The number of rotatable bonds is 5. The molecule has 1 aliphatic rings. The van der Waals surface area contributed by atoms with Crippen LogP contribution in [0.2, 0.25) is 0 Å². The van der Waals surface area contributed by atoms with Crippen LogP contribution in [0.15, 0.2) is 0 Å². The highest BCUT2D eigenvalue weighted by Gasteiger charge is 2.46. The summed E-state index contributed by atoms with van der Waals surface area (Å²) in [6, 6.07) is 0. The number of aliphatic hydroxyl groups excluding tert-OH is 1. The lowest BCUT2D eigenvalue weighted by molar-refractivity contribution is 0.253. The van der Waals surface area contributed by atoms with Crippen LogP contribution in [-0.4, -0.2) is 23.4 Å². The van der Waals surface area contributed by atoms with Crippen LogP contribution in [0.4, 0.5) is 0 Å². The largest absolute Gasteiger partial charge is 0.396 e. The highest BCUT2D eigenvalue weighted by Crippen LogP contribution is 2.39. The Kier molecular flexibility index (Phi) is 3.13. The predicted octanol–water partition coefficient (Wildman–Crippen LogP) is 1.96. The standard InChI is InChI=1S/C10H20O2/c1-8(6-7-11)4-5-9-10(2,3)12-9/h8-9,11H,4-7H2,1-3H3/t8-,9?/m1/s1. The van der Waals surface area contributed by atoms with Gasteiger partial charge in [-0.25, -0.2) is 0 Å². The first-order chi connectivity index (χ1) is 5.56. The van der Waals surface area contributed by atoms with E-state index in [4.69, 9.17) is 9.84 Å².